The maximum absolute atomic E-state index is 13.5. The van der Waals surface area contributed by atoms with Crippen LogP contribution in [0.2, 0.25) is 0 Å². The molecule has 0 saturated carbocycles. The standard InChI is InChI=1S/C20H22F3N5O2/c1-11-8-28-16(15(7-24-28)27-10-20(2,3)25-19(27)30)9-26(11)17(29)6-12-4-13(21)18(23)14(22)5-12/h4-5,7,11H,6,8-10H2,1-3H3,(H,25,30)/t11-/m0/s1. The van der Waals surface area contributed by atoms with Crippen molar-refractivity contribution in [2.75, 3.05) is 11.4 Å². The van der Waals surface area contributed by atoms with E-state index in [0.717, 1.165) is 12.1 Å². The van der Waals surface area contributed by atoms with E-state index in [9.17, 15) is 22.8 Å². The molecule has 0 unspecified atom stereocenters. The van der Waals surface area contributed by atoms with Gasteiger partial charge in [-0.3, -0.25) is 14.4 Å². The number of amides is 3. The first-order valence-corrected chi connectivity index (χ1v) is 9.63. The van der Waals surface area contributed by atoms with Crippen molar-refractivity contribution in [3.05, 3.63) is 47.0 Å². The Kier molecular flexibility index (Phi) is 4.74. The van der Waals surface area contributed by atoms with E-state index in [0.29, 0.717) is 24.5 Å². The normalized spacial score (nSPS) is 20.3. The first-order chi connectivity index (χ1) is 14.1. The quantitative estimate of drug-likeness (QED) is 0.775. The summed E-state index contributed by atoms with van der Waals surface area (Å²) < 4.78 is 41.9. The average Bonchev–Trinajstić information content (AvgIpc) is 3.17. The van der Waals surface area contributed by atoms with Crippen molar-refractivity contribution in [3.63, 3.8) is 0 Å². The van der Waals surface area contributed by atoms with E-state index in [1.165, 1.54) is 0 Å². The molecule has 160 valence electrons. The molecular formula is C20H22F3N5O2. The number of carbonyl (C=O) groups excluding carboxylic acids is 2. The van der Waals surface area contributed by atoms with Crippen LogP contribution in [-0.4, -0.2) is 44.7 Å². The molecule has 1 aromatic heterocycles. The summed E-state index contributed by atoms with van der Waals surface area (Å²) in [5, 5.41) is 7.26. The van der Waals surface area contributed by atoms with E-state index in [1.54, 1.807) is 20.7 Å². The molecule has 0 radical (unpaired) electrons. The van der Waals surface area contributed by atoms with Gasteiger partial charge >= 0.3 is 6.03 Å². The number of halogens is 3. The Balaban J connectivity index is 1.57. The number of hydrogen-bond acceptors (Lipinski definition) is 3. The van der Waals surface area contributed by atoms with Crippen LogP contribution in [0.1, 0.15) is 32.0 Å². The highest BCUT2D eigenvalue weighted by molar-refractivity contribution is 5.95. The van der Waals surface area contributed by atoms with Crippen molar-refractivity contribution in [1.29, 1.82) is 0 Å². The lowest BCUT2D eigenvalue weighted by atomic mass is 10.1. The van der Waals surface area contributed by atoms with Crippen molar-refractivity contribution in [3.8, 4) is 0 Å². The Morgan fingerprint density at radius 2 is 1.93 bits per heavy atom. The minimum atomic E-state index is -1.56. The summed E-state index contributed by atoms with van der Waals surface area (Å²) in [5.74, 6) is -4.56. The highest BCUT2D eigenvalue weighted by atomic mass is 19.2. The molecule has 0 aliphatic carbocycles. The first kappa shape index (κ1) is 20.2. The number of rotatable bonds is 3. The average molecular weight is 421 g/mol. The zero-order chi connectivity index (χ0) is 21.8. The summed E-state index contributed by atoms with van der Waals surface area (Å²) in [6.45, 7) is 6.76. The summed E-state index contributed by atoms with van der Waals surface area (Å²) >= 11 is 0. The van der Waals surface area contributed by atoms with Crippen LogP contribution in [0.4, 0.5) is 23.7 Å². The largest absolute Gasteiger partial charge is 0.332 e. The number of hydrogen-bond donors (Lipinski definition) is 1. The molecule has 3 amide bonds. The Morgan fingerprint density at radius 3 is 2.53 bits per heavy atom. The monoisotopic (exact) mass is 421 g/mol. The van der Waals surface area contributed by atoms with Gasteiger partial charge in [-0.2, -0.15) is 5.10 Å². The van der Waals surface area contributed by atoms with E-state index in [1.807, 2.05) is 20.8 Å². The number of fused-ring (bicyclic) bond motifs is 1. The third-order valence-electron chi connectivity index (χ3n) is 5.47. The Bertz CT molecular complexity index is 1010. The fourth-order valence-electron chi connectivity index (χ4n) is 3.99. The second kappa shape index (κ2) is 7.03. The summed E-state index contributed by atoms with van der Waals surface area (Å²) in [6.07, 6.45) is 1.35. The summed E-state index contributed by atoms with van der Waals surface area (Å²) in [5.41, 5.74) is 1.01. The second-order valence-electron chi connectivity index (χ2n) is 8.48. The topological polar surface area (TPSA) is 70.5 Å². The molecule has 7 nitrogen and oxygen atoms in total. The molecule has 10 heteroatoms. The number of benzene rings is 1. The van der Waals surface area contributed by atoms with Crippen LogP contribution in [0.5, 0.6) is 0 Å². The minimum Gasteiger partial charge on any atom is -0.332 e. The van der Waals surface area contributed by atoms with Gasteiger partial charge < -0.3 is 10.2 Å². The minimum absolute atomic E-state index is 0.0589. The summed E-state index contributed by atoms with van der Waals surface area (Å²) in [7, 11) is 0. The van der Waals surface area contributed by atoms with Gasteiger partial charge in [-0.15, -0.1) is 0 Å². The van der Waals surface area contributed by atoms with Crippen LogP contribution in [0.15, 0.2) is 18.3 Å². The van der Waals surface area contributed by atoms with Crippen LogP contribution in [0, 0.1) is 17.5 Å². The van der Waals surface area contributed by atoms with Crippen LogP contribution in [0.25, 0.3) is 0 Å². The molecule has 2 aliphatic rings. The Labute approximate surface area is 171 Å². The van der Waals surface area contributed by atoms with Gasteiger partial charge in [0.25, 0.3) is 0 Å². The molecule has 30 heavy (non-hydrogen) atoms. The molecule has 0 spiro atoms. The van der Waals surface area contributed by atoms with Crippen molar-refractivity contribution in [1.82, 2.24) is 20.0 Å². The Morgan fingerprint density at radius 1 is 1.27 bits per heavy atom. The number of nitrogens with zero attached hydrogens (tertiary/aromatic N) is 4. The van der Waals surface area contributed by atoms with Gasteiger partial charge in [0, 0.05) is 6.04 Å². The number of anilines is 1. The third-order valence-corrected chi connectivity index (χ3v) is 5.47. The summed E-state index contributed by atoms with van der Waals surface area (Å²) in [4.78, 5) is 28.4. The van der Waals surface area contributed by atoms with Crippen LogP contribution in [0.3, 0.4) is 0 Å². The van der Waals surface area contributed by atoms with Gasteiger partial charge in [0.2, 0.25) is 5.91 Å². The molecular weight excluding hydrogens is 399 g/mol. The van der Waals surface area contributed by atoms with E-state index in [2.05, 4.69) is 10.4 Å². The van der Waals surface area contributed by atoms with Crippen molar-refractivity contribution in [2.24, 2.45) is 0 Å². The lowest BCUT2D eigenvalue weighted by molar-refractivity contribution is -0.134. The highest BCUT2D eigenvalue weighted by Gasteiger charge is 2.39. The predicted octanol–water partition coefficient (Wildman–Crippen LogP) is 2.58. The van der Waals surface area contributed by atoms with E-state index in [-0.39, 0.29) is 42.0 Å². The van der Waals surface area contributed by atoms with Crippen molar-refractivity contribution >= 4 is 17.6 Å². The smallest absolute Gasteiger partial charge is 0.322 e. The first-order valence-electron chi connectivity index (χ1n) is 9.63. The van der Waals surface area contributed by atoms with Gasteiger partial charge in [-0.05, 0) is 38.5 Å². The van der Waals surface area contributed by atoms with E-state index in [4.69, 9.17) is 0 Å². The van der Waals surface area contributed by atoms with Gasteiger partial charge in [-0.1, -0.05) is 0 Å². The van der Waals surface area contributed by atoms with Gasteiger partial charge in [0.05, 0.1) is 49.2 Å². The molecule has 4 rings (SSSR count). The molecule has 1 saturated heterocycles. The van der Waals surface area contributed by atoms with E-state index >= 15 is 0 Å². The number of urea groups is 1. The fraction of sp³-hybridized carbons (Fsp3) is 0.450. The van der Waals surface area contributed by atoms with Crippen LogP contribution < -0.4 is 10.2 Å². The fourth-order valence-corrected chi connectivity index (χ4v) is 3.99. The Hall–Kier alpha value is -3.04. The third kappa shape index (κ3) is 3.50. The van der Waals surface area contributed by atoms with Gasteiger partial charge in [0.1, 0.15) is 0 Å². The molecule has 1 atom stereocenters. The number of carbonyl (C=O) groups is 2. The lowest BCUT2D eigenvalue weighted by Gasteiger charge is -2.35. The molecule has 3 heterocycles. The molecule has 2 aromatic rings. The van der Waals surface area contributed by atoms with Crippen LogP contribution >= 0.6 is 0 Å². The molecule has 1 aromatic carbocycles. The predicted molar refractivity (Wildman–Crippen MR) is 102 cm³/mol. The SMILES string of the molecule is C[C@H]1Cn2ncc(N3CC(C)(C)NC3=O)c2CN1C(=O)Cc1cc(F)c(F)c(F)c1. The number of nitrogens with one attached hydrogen (secondary N) is 1. The lowest BCUT2D eigenvalue weighted by Crippen LogP contribution is -2.46. The molecule has 2 aliphatic heterocycles. The van der Waals surface area contributed by atoms with Gasteiger partial charge in [0.15, 0.2) is 17.5 Å². The van der Waals surface area contributed by atoms with Gasteiger partial charge in [-0.25, -0.2) is 18.0 Å². The molecule has 1 fully saturated rings. The second-order valence-corrected chi connectivity index (χ2v) is 8.48. The van der Waals surface area contributed by atoms with E-state index < -0.39 is 17.5 Å². The zero-order valence-corrected chi connectivity index (χ0v) is 16.9. The number of aromatic nitrogens is 2. The maximum Gasteiger partial charge on any atom is 0.322 e. The summed E-state index contributed by atoms with van der Waals surface area (Å²) in [6, 6.07) is 1.22. The molecule has 1 N–H and O–H groups in total. The maximum atomic E-state index is 13.5. The van der Waals surface area contributed by atoms with Crippen molar-refractivity contribution in [2.45, 2.75) is 51.9 Å². The highest BCUT2D eigenvalue weighted by Crippen LogP contribution is 2.31. The van der Waals surface area contributed by atoms with Crippen molar-refractivity contribution < 1.29 is 22.8 Å². The molecule has 0 bridgehead atoms. The van der Waals surface area contributed by atoms with Crippen LogP contribution in [-0.2, 0) is 24.3 Å². The zero-order valence-electron chi connectivity index (χ0n) is 16.9.